The van der Waals surface area contributed by atoms with E-state index in [9.17, 15) is 19.2 Å². The highest BCUT2D eigenvalue weighted by Crippen LogP contribution is 2.28. The molecule has 2 aromatic rings. The molecule has 0 aromatic heterocycles. The van der Waals surface area contributed by atoms with E-state index in [1.807, 2.05) is 47.1 Å². The van der Waals surface area contributed by atoms with Crippen LogP contribution in [0, 0.1) is 5.92 Å². The summed E-state index contributed by atoms with van der Waals surface area (Å²) >= 11 is 0. The predicted octanol–water partition coefficient (Wildman–Crippen LogP) is 2.60. The molecule has 194 valence electrons. The van der Waals surface area contributed by atoms with Crippen molar-refractivity contribution >= 4 is 17.7 Å². The number of benzene rings is 1. The third-order valence-electron chi connectivity index (χ3n) is 7.11. The van der Waals surface area contributed by atoms with E-state index in [0.29, 0.717) is 38.5 Å². The van der Waals surface area contributed by atoms with Crippen LogP contribution in [0.25, 0.3) is 0 Å². The third kappa shape index (κ3) is 6.06. The van der Waals surface area contributed by atoms with Gasteiger partial charge in [-0.25, -0.2) is 4.79 Å². The summed E-state index contributed by atoms with van der Waals surface area (Å²) in [5, 5.41) is 2.92. The van der Waals surface area contributed by atoms with E-state index in [0.717, 1.165) is 44.1 Å². The molecule has 1 N–H and O–H groups in total. The largest absolute Gasteiger partial charge is 0.487 e. The normalized spacial score (nSPS) is 20.2. The zero-order valence-electron chi connectivity index (χ0n) is 20.9. The molecule has 1 saturated heterocycles. The lowest BCUT2D eigenvalue weighted by Gasteiger charge is -2.39. The second-order valence-corrected chi connectivity index (χ2v) is 9.60. The van der Waals surface area contributed by atoms with E-state index in [1.165, 1.54) is 0 Å². The number of carbonyl (C=O) groups is 2. The second kappa shape index (κ2) is 12.1. The number of hydrogen-bond donors (Lipinski definition) is 1. The molecule has 36 heavy (non-hydrogen) atoms. The van der Waals surface area contributed by atoms with Gasteiger partial charge in [0, 0.05) is 38.1 Å². The molecule has 2 aliphatic rings. The van der Waals surface area contributed by atoms with E-state index in [1.54, 1.807) is 0 Å². The highest BCUT2D eigenvalue weighted by atomic mass is 16.5. The molecule has 0 unspecified atom stereocenters. The zero-order chi connectivity index (χ0) is 25.5. The number of nitrogens with zero attached hydrogens (tertiary/aromatic N) is 2. The summed E-state index contributed by atoms with van der Waals surface area (Å²) in [6.07, 6.45) is 4.25. The molecule has 9 heteroatoms. The van der Waals surface area contributed by atoms with Gasteiger partial charge in [0.25, 0.3) is 10.9 Å². The predicted molar refractivity (Wildman–Crippen MR) is 136 cm³/mol. The van der Waals surface area contributed by atoms with Gasteiger partial charge in [0.2, 0.25) is 5.91 Å². The Kier molecular flexibility index (Phi) is 8.61. The maximum atomic E-state index is 13.1. The summed E-state index contributed by atoms with van der Waals surface area (Å²) in [6.45, 7) is 4.72. The standard InChI is InChI=1S/C27H35N3O6/c1-2-3-17-35-25-22(23(31)24(25)32)29-13-15-30(16-14-29)26(33)20-9-11-21(12-10-20)28-27(34)36-18-19-7-5-4-6-8-19/h4-8,20-21H,2-3,9-18H2,1H3,(H,28,34)/t20-,21-. The van der Waals surface area contributed by atoms with Gasteiger partial charge in [-0.15, -0.1) is 0 Å². The summed E-state index contributed by atoms with van der Waals surface area (Å²) in [6, 6.07) is 9.54. The molecular formula is C27H35N3O6. The van der Waals surface area contributed by atoms with Crippen molar-refractivity contribution in [2.75, 3.05) is 37.7 Å². The molecule has 2 fully saturated rings. The van der Waals surface area contributed by atoms with Gasteiger partial charge in [-0.05, 0) is 37.7 Å². The monoisotopic (exact) mass is 497 g/mol. The van der Waals surface area contributed by atoms with Crippen LogP contribution in [0.4, 0.5) is 10.5 Å². The molecule has 2 aromatic carbocycles. The van der Waals surface area contributed by atoms with Crippen LogP contribution in [0.15, 0.2) is 39.9 Å². The molecule has 0 radical (unpaired) electrons. The number of unbranched alkanes of at least 4 members (excludes halogenated alkanes) is 1. The summed E-state index contributed by atoms with van der Waals surface area (Å²) in [4.78, 5) is 53.0. The van der Waals surface area contributed by atoms with Crippen LogP contribution in [0.3, 0.4) is 0 Å². The summed E-state index contributed by atoms with van der Waals surface area (Å²) in [7, 11) is 0. The third-order valence-corrected chi connectivity index (χ3v) is 7.11. The molecule has 4 rings (SSSR count). The van der Waals surface area contributed by atoms with Crippen molar-refractivity contribution in [3.05, 3.63) is 56.3 Å². The minimum Gasteiger partial charge on any atom is -0.487 e. The highest BCUT2D eigenvalue weighted by molar-refractivity contribution is 5.79. The van der Waals surface area contributed by atoms with E-state index in [4.69, 9.17) is 9.47 Å². The van der Waals surface area contributed by atoms with Gasteiger partial charge in [0.15, 0.2) is 5.75 Å². The Morgan fingerprint density at radius 2 is 1.67 bits per heavy atom. The van der Waals surface area contributed by atoms with Crippen molar-refractivity contribution in [3.8, 4) is 5.75 Å². The molecule has 1 heterocycles. The lowest BCUT2D eigenvalue weighted by molar-refractivity contribution is -0.137. The van der Waals surface area contributed by atoms with E-state index >= 15 is 0 Å². The second-order valence-electron chi connectivity index (χ2n) is 9.60. The quantitative estimate of drug-likeness (QED) is 0.419. The van der Waals surface area contributed by atoms with E-state index in [-0.39, 0.29) is 30.2 Å². The lowest BCUT2D eigenvalue weighted by Crippen LogP contribution is -2.54. The number of nitrogens with one attached hydrogen (secondary N) is 1. The van der Waals surface area contributed by atoms with Crippen LogP contribution >= 0.6 is 0 Å². The molecule has 0 bridgehead atoms. The summed E-state index contributed by atoms with van der Waals surface area (Å²) in [5.74, 6) is 0.250. The smallest absolute Gasteiger partial charge is 0.407 e. The molecule has 2 amide bonds. The minimum absolute atomic E-state index is 0.00871. The van der Waals surface area contributed by atoms with E-state index < -0.39 is 17.0 Å². The zero-order valence-corrected chi connectivity index (χ0v) is 20.9. The summed E-state index contributed by atoms with van der Waals surface area (Å²) < 4.78 is 10.9. The maximum absolute atomic E-state index is 13.1. The topological polar surface area (TPSA) is 105 Å². The Balaban J connectivity index is 1.19. The lowest BCUT2D eigenvalue weighted by atomic mass is 9.85. The molecular weight excluding hydrogens is 462 g/mol. The Labute approximate surface area is 211 Å². The van der Waals surface area contributed by atoms with Gasteiger partial charge in [-0.1, -0.05) is 43.7 Å². The molecule has 9 nitrogen and oxygen atoms in total. The van der Waals surface area contributed by atoms with Gasteiger partial charge in [-0.2, -0.15) is 0 Å². The Morgan fingerprint density at radius 1 is 0.972 bits per heavy atom. The Hall–Kier alpha value is -3.36. The number of rotatable bonds is 9. The molecule has 0 atom stereocenters. The number of piperazine rings is 1. The first-order valence-electron chi connectivity index (χ1n) is 12.9. The molecule has 1 aliphatic heterocycles. The van der Waals surface area contributed by atoms with Crippen molar-refractivity contribution < 1.29 is 19.1 Å². The fraction of sp³-hybridized carbons (Fsp3) is 0.556. The van der Waals surface area contributed by atoms with Gasteiger partial charge < -0.3 is 24.6 Å². The fourth-order valence-electron chi connectivity index (χ4n) is 4.92. The molecule has 0 spiro atoms. The van der Waals surface area contributed by atoms with Crippen molar-refractivity contribution in [2.45, 2.75) is 58.1 Å². The number of ether oxygens (including phenoxy) is 2. The van der Waals surface area contributed by atoms with Gasteiger partial charge in [-0.3, -0.25) is 14.4 Å². The Morgan fingerprint density at radius 3 is 2.33 bits per heavy atom. The van der Waals surface area contributed by atoms with Crippen molar-refractivity contribution in [2.24, 2.45) is 5.92 Å². The average Bonchev–Trinajstić information content (AvgIpc) is 2.92. The Bertz CT molecular complexity index is 1090. The van der Waals surface area contributed by atoms with Crippen molar-refractivity contribution in [3.63, 3.8) is 0 Å². The number of alkyl carbamates (subject to hydrolysis) is 1. The number of anilines is 1. The molecule has 1 aliphatic carbocycles. The van der Waals surface area contributed by atoms with Crippen LogP contribution in [0.2, 0.25) is 0 Å². The van der Waals surface area contributed by atoms with Crippen LogP contribution in [0.5, 0.6) is 5.75 Å². The van der Waals surface area contributed by atoms with Crippen molar-refractivity contribution in [1.29, 1.82) is 0 Å². The number of amides is 2. The van der Waals surface area contributed by atoms with Crippen LogP contribution < -0.4 is 25.8 Å². The first-order valence-corrected chi connectivity index (χ1v) is 12.9. The van der Waals surface area contributed by atoms with Crippen LogP contribution in [-0.2, 0) is 16.1 Å². The first-order chi connectivity index (χ1) is 17.5. The van der Waals surface area contributed by atoms with Crippen LogP contribution in [-0.4, -0.2) is 55.7 Å². The van der Waals surface area contributed by atoms with Gasteiger partial charge in [0.05, 0.1) is 6.61 Å². The average molecular weight is 498 g/mol. The van der Waals surface area contributed by atoms with Gasteiger partial charge >= 0.3 is 6.09 Å². The van der Waals surface area contributed by atoms with Crippen LogP contribution in [0.1, 0.15) is 51.0 Å². The highest BCUT2D eigenvalue weighted by Gasteiger charge is 2.34. The number of carbonyl (C=O) groups excluding carboxylic acids is 2. The van der Waals surface area contributed by atoms with Crippen molar-refractivity contribution in [1.82, 2.24) is 10.2 Å². The van der Waals surface area contributed by atoms with Gasteiger partial charge in [0.1, 0.15) is 12.3 Å². The fourth-order valence-corrected chi connectivity index (χ4v) is 4.92. The number of hydrogen-bond acceptors (Lipinski definition) is 7. The summed E-state index contributed by atoms with van der Waals surface area (Å²) in [5.41, 5.74) is 0.268. The maximum Gasteiger partial charge on any atom is 0.407 e. The SMILES string of the molecule is CCCCOc1c(N2CCN(C(=O)[C@H]3CC[C@H](NC(=O)OCc4ccccc4)CC3)CC2)c(=O)c1=O. The van der Waals surface area contributed by atoms with E-state index in [2.05, 4.69) is 5.32 Å². The minimum atomic E-state index is -0.547. The first kappa shape index (κ1) is 25.7. The molecule has 1 saturated carbocycles.